The molecule has 2 heteroatoms. The zero-order chi connectivity index (χ0) is 20.1. The number of benzene rings is 3. The number of hydrogen-bond donors (Lipinski definition) is 0. The molecule has 3 aromatic carbocycles. The first-order valence-corrected chi connectivity index (χ1v) is 20.7. The summed E-state index contributed by atoms with van der Waals surface area (Å²) in [6.07, 6.45) is 9.94. The fourth-order valence-corrected chi connectivity index (χ4v) is 29.0. The molecule has 0 spiro atoms. The standard InChI is InChI=1S/2C9H7.C7H9Si.2CH3.Ti/c2*1-2-5-9-7-3-6-8(9)4-1;1-8-7-5-3-2-4-6-7;;;/h2*1-7H;2-6,8H,1H3;2*1H3;. The van der Waals surface area contributed by atoms with E-state index in [1.165, 1.54) is 11.1 Å². The van der Waals surface area contributed by atoms with Gasteiger partial charge in [0.25, 0.3) is 0 Å². The maximum atomic E-state index is 2.77. The molecule has 0 aliphatic heterocycles. The Balaban J connectivity index is 1.75. The second kappa shape index (κ2) is 6.81. The first-order chi connectivity index (χ1) is 14.0. The van der Waals surface area contributed by atoms with Gasteiger partial charge in [0.1, 0.15) is 0 Å². The molecule has 3 aromatic rings. The molecule has 0 aromatic heterocycles. The SMILES string of the molecule is C[SiH](c1ccccc1)[Ti]([CH3])([CH3])([CH]1C=Cc2ccccc21)[CH]1C=Cc2ccccc21. The number of rotatable bonds is 4. The molecule has 5 rings (SSSR count). The van der Waals surface area contributed by atoms with Crippen LogP contribution in [0.2, 0.25) is 17.0 Å². The van der Waals surface area contributed by atoms with E-state index in [2.05, 4.69) is 120 Å². The van der Waals surface area contributed by atoms with Crippen LogP contribution in [0.3, 0.4) is 0 Å². The molecule has 0 fully saturated rings. The first kappa shape index (κ1) is 19.1. The minimum atomic E-state index is -3.19. The van der Waals surface area contributed by atoms with E-state index < -0.39 is 21.2 Å². The van der Waals surface area contributed by atoms with Gasteiger partial charge in [0.05, 0.1) is 0 Å². The Morgan fingerprint density at radius 3 is 1.59 bits per heavy atom. The van der Waals surface area contributed by atoms with Crippen LogP contribution in [0.15, 0.2) is 91.0 Å². The number of allylic oxidation sites excluding steroid dienone is 2. The Morgan fingerprint density at radius 2 is 1.07 bits per heavy atom. The molecule has 0 saturated heterocycles. The molecule has 0 amide bonds. The van der Waals surface area contributed by atoms with E-state index in [0.717, 1.165) is 0 Å². The van der Waals surface area contributed by atoms with Gasteiger partial charge in [-0.05, 0) is 0 Å². The molecule has 145 valence electrons. The van der Waals surface area contributed by atoms with Gasteiger partial charge in [0.2, 0.25) is 0 Å². The van der Waals surface area contributed by atoms with Crippen molar-refractivity contribution in [3.8, 4) is 0 Å². The Bertz CT molecular complexity index is 1060. The van der Waals surface area contributed by atoms with Crippen molar-refractivity contribution in [2.45, 2.75) is 25.4 Å². The Labute approximate surface area is 176 Å². The molecule has 0 nitrogen and oxygen atoms in total. The van der Waals surface area contributed by atoms with E-state index in [4.69, 9.17) is 0 Å². The minimum absolute atomic E-state index is 0.589. The summed E-state index contributed by atoms with van der Waals surface area (Å²) < 4.78 is 1.18. The Kier molecular flexibility index (Phi) is 4.47. The summed E-state index contributed by atoms with van der Waals surface area (Å²) in [5, 5.41) is 7.18. The Morgan fingerprint density at radius 1 is 0.621 bits per heavy atom. The summed E-state index contributed by atoms with van der Waals surface area (Å²) in [6, 6.07) is 29.7. The predicted molar refractivity (Wildman–Crippen MR) is 127 cm³/mol. The molecule has 0 N–H and O–H groups in total. The number of fused-ring (bicyclic) bond motifs is 2. The Hall–Kier alpha value is -1.93. The third-order valence-corrected chi connectivity index (χ3v) is 37.4. The van der Waals surface area contributed by atoms with Gasteiger partial charge in [-0.15, -0.1) is 0 Å². The summed E-state index contributed by atoms with van der Waals surface area (Å²) in [4.78, 5) is 0. The van der Waals surface area contributed by atoms with E-state index in [0.29, 0.717) is 8.45 Å². The summed E-state index contributed by atoms with van der Waals surface area (Å²) in [5.74, 6) is 0. The van der Waals surface area contributed by atoms with Crippen LogP contribution in [0.5, 0.6) is 0 Å². The van der Waals surface area contributed by atoms with Crippen molar-refractivity contribution < 1.29 is 14.6 Å². The van der Waals surface area contributed by atoms with Crippen LogP contribution >= 0.6 is 0 Å². The van der Waals surface area contributed by atoms with Gasteiger partial charge in [-0.25, -0.2) is 0 Å². The van der Waals surface area contributed by atoms with Gasteiger partial charge in [-0.3, -0.25) is 0 Å². The summed E-state index contributed by atoms with van der Waals surface area (Å²) >= 11 is -3.19. The molecule has 0 saturated carbocycles. The van der Waals surface area contributed by atoms with Crippen LogP contribution in [0, 0.1) is 0 Å². The summed E-state index contributed by atoms with van der Waals surface area (Å²) in [6.45, 7) is 1.41. The van der Waals surface area contributed by atoms with E-state index >= 15 is 0 Å². The van der Waals surface area contributed by atoms with Gasteiger partial charge in [-0.2, -0.15) is 0 Å². The third kappa shape index (κ3) is 2.75. The molecular weight excluding hydrogens is 400 g/mol. The van der Waals surface area contributed by atoms with E-state index in [1.54, 1.807) is 16.3 Å². The molecule has 0 heterocycles. The third-order valence-electron chi connectivity index (χ3n) is 8.23. The van der Waals surface area contributed by atoms with Crippen LogP contribution < -0.4 is 5.19 Å². The predicted octanol–water partition coefficient (Wildman–Crippen LogP) is 6.57. The first-order valence-electron chi connectivity index (χ1n) is 10.8. The van der Waals surface area contributed by atoms with Crippen LogP contribution in [0.1, 0.15) is 30.7 Å². The molecule has 0 radical (unpaired) electrons. The van der Waals surface area contributed by atoms with Crippen molar-refractivity contribution in [3.05, 3.63) is 113 Å². The van der Waals surface area contributed by atoms with Crippen LogP contribution in [-0.2, 0) is 14.6 Å². The van der Waals surface area contributed by atoms with Crippen LogP contribution in [-0.4, -0.2) is 6.66 Å². The molecule has 0 bridgehead atoms. The average Bonchev–Trinajstić information content (AvgIpc) is 3.39. The van der Waals surface area contributed by atoms with Gasteiger partial charge in [-0.1, -0.05) is 0 Å². The summed E-state index contributed by atoms with van der Waals surface area (Å²) in [7, 11) is 0. The molecule has 2 aliphatic carbocycles. The zero-order valence-electron chi connectivity index (χ0n) is 17.5. The van der Waals surface area contributed by atoms with Crippen LogP contribution in [0.4, 0.5) is 0 Å². The molecule has 3 atom stereocenters. The van der Waals surface area contributed by atoms with Gasteiger partial charge in [0, 0.05) is 0 Å². The van der Waals surface area contributed by atoms with Crippen molar-refractivity contribution in [1.29, 1.82) is 0 Å². The molecule has 3 unspecified atom stereocenters. The second-order valence-electron chi connectivity index (χ2n) is 9.80. The van der Waals surface area contributed by atoms with Gasteiger partial charge < -0.3 is 0 Å². The van der Waals surface area contributed by atoms with E-state index in [-0.39, 0.29) is 0 Å². The zero-order valence-corrected chi connectivity index (χ0v) is 20.3. The quantitative estimate of drug-likeness (QED) is 0.412. The van der Waals surface area contributed by atoms with Gasteiger partial charge in [0.15, 0.2) is 0 Å². The topological polar surface area (TPSA) is 0 Å². The van der Waals surface area contributed by atoms with Crippen molar-refractivity contribution in [1.82, 2.24) is 0 Å². The van der Waals surface area contributed by atoms with Crippen molar-refractivity contribution in [2.75, 3.05) is 0 Å². The number of hydrogen-bond acceptors (Lipinski definition) is 0. The average molecular weight is 429 g/mol. The fourth-order valence-electron chi connectivity index (χ4n) is 6.09. The monoisotopic (exact) mass is 429 g/mol. The molecule has 29 heavy (non-hydrogen) atoms. The molecular formula is C27H29SiTi. The van der Waals surface area contributed by atoms with E-state index in [1.807, 2.05) is 0 Å². The normalized spacial score (nSPS) is 22.0. The van der Waals surface area contributed by atoms with Crippen molar-refractivity contribution in [2.24, 2.45) is 0 Å². The van der Waals surface area contributed by atoms with Crippen molar-refractivity contribution in [3.63, 3.8) is 0 Å². The maximum absolute atomic E-state index is 3.19. The summed E-state index contributed by atoms with van der Waals surface area (Å²) in [5.41, 5.74) is 6.01. The second-order valence-corrected chi connectivity index (χ2v) is 33.9. The van der Waals surface area contributed by atoms with Gasteiger partial charge >= 0.3 is 177 Å². The van der Waals surface area contributed by atoms with Crippen molar-refractivity contribution >= 4 is 24.0 Å². The van der Waals surface area contributed by atoms with E-state index in [9.17, 15) is 0 Å². The molecule has 2 aliphatic rings. The van der Waals surface area contributed by atoms with Crippen LogP contribution in [0.25, 0.3) is 12.2 Å². The fraction of sp³-hybridized carbons (Fsp3) is 0.185.